The van der Waals surface area contributed by atoms with Gasteiger partial charge in [-0.2, -0.15) is 10.1 Å². The summed E-state index contributed by atoms with van der Waals surface area (Å²) < 4.78 is 7.68. The topological polar surface area (TPSA) is 82.8 Å². The number of aromatic nitrogens is 4. The van der Waals surface area contributed by atoms with Crippen LogP contribution in [-0.4, -0.2) is 19.9 Å². The summed E-state index contributed by atoms with van der Waals surface area (Å²) in [6, 6.07) is 4.90. The molecule has 6 nitrogen and oxygen atoms in total. The summed E-state index contributed by atoms with van der Waals surface area (Å²) in [6.07, 6.45) is 3.49. The second-order valence-corrected chi connectivity index (χ2v) is 5.77. The molecule has 3 aromatic rings. The SMILES string of the molecule is Cn1cc(C(N)c2nc(-c3ccc(Cl)c(Br)c3)no2)cn1. The lowest BCUT2D eigenvalue weighted by Gasteiger charge is -2.01. The number of halogens is 2. The predicted octanol–water partition coefficient (Wildman–Crippen LogP) is 2.93. The Labute approximate surface area is 134 Å². The Morgan fingerprint density at radius 2 is 2.24 bits per heavy atom. The lowest BCUT2D eigenvalue weighted by atomic mass is 10.2. The number of benzene rings is 1. The summed E-state index contributed by atoms with van der Waals surface area (Å²) >= 11 is 9.33. The average Bonchev–Trinajstić information content (AvgIpc) is 3.10. The molecule has 0 saturated heterocycles. The molecule has 108 valence electrons. The fourth-order valence-corrected chi connectivity index (χ4v) is 2.35. The highest BCUT2D eigenvalue weighted by Crippen LogP contribution is 2.28. The van der Waals surface area contributed by atoms with Crippen molar-refractivity contribution >= 4 is 27.5 Å². The van der Waals surface area contributed by atoms with Crippen molar-refractivity contribution in [2.75, 3.05) is 0 Å². The quantitative estimate of drug-likeness (QED) is 0.768. The minimum Gasteiger partial charge on any atom is -0.337 e. The smallest absolute Gasteiger partial charge is 0.248 e. The fraction of sp³-hybridized carbons (Fsp3) is 0.154. The number of rotatable bonds is 3. The minimum absolute atomic E-state index is 0.337. The summed E-state index contributed by atoms with van der Waals surface area (Å²) in [5.74, 6) is 0.797. The van der Waals surface area contributed by atoms with E-state index >= 15 is 0 Å². The zero-order valence-corrected chi connectivity index (χ0v) is 13.3. The van der Waals surface area contributed by atoms with Crippen LogP contribution in [-0.2, 0) is 7.05 Å². The highest BCUT2D eigenvalue weighted by Gasteiger charge is 2.19. The van der Waals surface area contributed by atoms with Gasteiger partial charge in [-0.3, -0.25) is 4.68 Å². The molecule has 1 aromatic carbocycles. The average molecular weight is 369 g/mol. The zero-order chi connectivity index (χ0) is 15.0. The molecular formula is C13H11BrClN5O. The second kappa shape index (κ2) is 5.59. The lowest BCUT2D eigenvalue weighted by molar-refractivity contribution is 0.367. The Bertz CT molecular complexity index is 784. The Balaban J connectivity index is 1.90. The highest BCUT2D eigenvalue weighted by atomic mass is 79.9. The molecule has 3 rings (SSSR count). The van der Waals surface area contributed by atoms with Crippen molar-refractivity contribution in [1.82, 2.24) is 19.9 Å². The molecule has 0 aliphatic heterocycles. The molecule has 0 fully saturated rings. The third-order valence-corrected chi connectivity index (χ3v) is 4.18. The number of nitrogens with two attached hydrogens (primary N) is 1. The van der Waals surface area contributed by atoms with Crippen LogP contribution < -0.4 is 5.73 Å². The largest absolute Gasteiger partial charge is 0.337 e. The first kappa shape index (κ1) is 14.2. The summed E-state index contributed by atoms with van der Waals surface area (Å²) in [7, 11) is 1.82. The van der Waals surface area contributed by atoms with Gasteiger partial charge in [0.1, 0.15) is 6.04 Å². The molecule has 0 amide bonds. The molecule has 2 heterocycles. The van der Waals surface area contributed by atoms with Crippen LogP contribution in [0, 0.1) is 0 Å². The van der Waals surface area contributed by atoms with Crippen LogP contribution in [0.15, 0.2) is 39.6 Å². The van der Waals surface area contributed by atoms with Gasteiger partial charge in [0, 0.05) is 28.8 Å². The number of hydrogen-bond donors (Lipinski definition) is 1. The third kappa shape index (κ3) is 2.85. The van der Waals surface area contributed by atoms with Gasteiger partial charge in [0.15, 0.2) is 0 Å². The van der Waals surface area contributed by atoms with Gasteiger partial charge in [-0.25, -0.2) is 0 Å². The third-order valence-electron chi connectivity index (χ3n) is 2.97. The first-order valence-corrected chi connectivity index (χ1v) is 7.25. The fourth-order valence-electron chi connectivity index (χ4n) is 1.86. The molecule has 2 aromatic heterocycles. The zero-order valence-electron chi connectivity index (χ0n) is 11.0. The van der Waals surface area contributed by atoms with Crippen LogP contribution in [0.5, 0.6) is 0 Å². The Morgan fingerprint density at radius 1 is 1.43 bits per heavy atom. The second-order valence-electron chi connectivity index (χ2n) is 4.51. The van der Waals surface area contributed by atoms with Crippen molar-refractivity contribution in [2.45, 2.75) is 6.04 Å². The predicted molar refractivity (Wildman–Crippen MR) is 81.7 cm³/mol. The number of nitrogens with zero attached hydrogens (tertiary/aromatic N) is 4. The van der Waals surface area contributed by atoms with Gasteiger partial charge < -0.3 is 10.3 Å². The molecule has 8 heteroatoms. The van der Waals surface area contributed by atoms with Crippen LogP contribution in [0.3, 0.4) is 0 Å². The van der Waals surface area contributed by atoms with Crippen LogP contribution in [0.25, 0.3) is 11.4 Å². The van der Waals surface area contributed by atoms with Gasteiger partial charge in [0.25, 0.3) is 0 Å². The van der Waals surface area contributed by atoms with E-state index in [1.54, 1.807) is 16.9 Å². The Kier molecular flexibility index (Phi) is 3.79. The van der Waals surface area contributed by atoms with Crippen molar-refractivity contribution in [3.8, 4) is 11.4 Å². The summed E-state index contributed by atoms with van der Waals surface area (Å²) in [5.41, 5.74) is 7.70. The van der Waals surface area contributed by atoms with Gasteiger partial charge in [-0.05, 0) is 34.1 Å². The summed E-state index contributed by atoms with van der Waals surface area (Å²) in [4.78, 5) is 4.33. The van der Waals surface area contributed by atoms with E-state index in [9.17, 15) is 0 Å². The van der Waals surface area contributed by atoms with Crippen LogP contribution in [0.2, 0.25) is 5.02 Å². The summed E-state index contributed by atoms with van der Waals surface area (Å²) in [5, 5.41) is 8.65. The van der Waals surface area contributed by atoms with Crippen molar-refractivity contribution in [3.63, 3.8) is 0 Å². The van der Waals surface area contributed by atoms with E-state index in [1.807, 2.05) is 25.4 Å². The standard InChI is InChI=1S/C13H11BrClN5O/c1-20-6-8(5-17-20)11(16)13-18-12(19-21-13)7-2-3-10(15)9(14)4-7/h2-6,11H,16H2,1H3. The first-order valence-electron chi connectivity index (χ1n) is 6.08. The highest BCUT2D eigenvalue weighted by molar-refractivity contribution is 9.10. The molecule has 21 heavy (non-hydrogen) atoms. The molecule has 0 saturated carbocycles. The van der Waals surface area contributed by atoms with Crippen molar-refractivity contribution < 1.29 is 4.52 Å². The van der Waals surface area contributed by atoms with Gasteiger partial charge in [0.05, 0.1) is 11.2 Å². The van der Waals surface area contributed by atoms with Crippen LogP contribution in [0.4, 0.5) is 0 Å². The van der Waals surface area contributed by atoms with E-state index in [1.165, 1.54) is 0 Å². The van der Waals surface area contributed by atoms with Crippen LogP contribution >= 0.6 is 27.5 Å². The van der Waals surface area contributed by atoms with Crippen molar-refractivity contribution in [1.29, 1.82) is 0 Å². The van der Waals surface area contributed by atoms with Gasteiger partial charge in [-0.15, -0.1) is 0 Å². The van der Waals surface area contributed by atoms with E-state index in [0.29, 0.717) is 16.7 Å². The summed E-state index contributed by atoms with van der Waals surface area (Å²) in [6.45, 7) is 0. The maximum absolute atomic E-state index is 6.10. The first-order chi connectivity index (χ1) is 10.0. The Morgan fingerprint density at radius 3 is 2.90 bits per heavy atom. The van der Waals surface area contributed by atoms with Crippen molar-refractivity contribution in [2.24, 2.45) is 12.8 Å². The van der Waals surface area contributed by atoms with Crippen molar-refractivity contribution in [3.05, 3.63) is 51.5 Å². The van der Waals surface area contributed by atoms with Gasteiger partial charge in [-0.1, -0.05) is 16.8 Å². The van der Waals surface area contributed by atoms with Crippen LogP contribution in [0.1, 0.15) is 17.5 Å². The monoisotopic (exact) mass is 367 g/mol. The molecule has 1 atom stereocenters. The normalized spacial score (nSPS) is 12.6. The minimum atomic E-state index is -0.504. The lowest BCUT2D eigenvalue weighted by Crippen LogP contribution is -2.11. The van der Waals surface area contributed by atoms with Gasteiger partial charge in [0.2, 0.25) is 11.7 Å². The maximum Gasteiger partial charge on any atom is 0.248 e. The molecule has 0 radical (unpaired) electrons. The molecule has 2 N–H and O–H groups in total. The number of hydrogen-bond acceptors (Lipinski definition) is 5. The van der Waals surface area contributed by atoms with E-state index in [2.05, 4.69) is 31.2 Å². The molecule has 1 unspecified atom stereocenters. The molecule has 0 bridgehead atoms. The molecule has 0 spiro atoms. The molecule has 0 aliphatic carbocycles. The van der Waals surface area contributed by atoms with E-state index in [-0.39, 0.29) is 0 Å². The molecular weight excluding hydrogens is 358 g/mol. The maximum atomic E-state index is 6.10. The van der Waals surface area contributed by atoms with E-state index in [4.69, 9.17) is 21.9 Å². The van der Waals surface area contributed by atoms with E-state index < -0.39 is 6.04 Å². The Hall–Kier alpha value is -1.70. The van der Waals surface area contributed by atoms with Gasteiger partial charge >= 0.3 is 0 Å². The van der Waals surface area contributed by atoms with E-state index in [0.717, 1.165) is 15.6 Å². The molecule has 0 aliphatic rings. The number of aryl methyl sites for hydroxylation is 1.